The van der Waals surface area contributed by atoms with Crippen LogP contribution in [0.3, 0.4) is 0 Å². The lowest BCUT2D eigenvalue weighted by Crippen LogP contribution is -1.79. The van der Waals surface area contributed by atoms with Crippen molar-refractivity contribution >= 4 is 5.57 Å². The summed E-state index contributed by atoms with van der Waals surface area (Å²) in [6.45, 7) is 7.52. The number of benzene rings is 1. The lowest BCUT2D eigenvalue weighted by molar-refractivity contribution is 0.475. The van der Waals surface area contributed by atoms with E-state index in [0.717, 1.165) is 17.6 Å². The van der Waals surface area contributed by atoms with Crippen molar-refractivity contribution in [2.45, 2.75) is 6.42 Å². The summed E-state index contributed by atoms with van der Waals surface area (Å²) in [4.78, 5) is 0. The van der Waals surface area contributed by atoms with Gasteiger partial charge in [0.2, 0.25) is 0 Å². The number of hydrogen-bond acceptors (Lipinski definition) is 1. The summed E-state index contributed by atoms with van der Waals surface area (Å²) >= 11 is 0. The van der Waals surface area contributed by atoms with Crippen LogP contribution in [0.5, 0.6) is 5.75 Å². The lowest BCUT2D eigenvalue weighted by atomic mass is 10.1. The maximum atomic E-state index is 9.02. The molecule has 1 aromatic rings. The predicted octanol–water partition coefficient (Wildman–Crippen LogP) is 2.98. The second-order valence-electron chi connectivity index (χ2n) is 2.64. The van der Waals surface area contributed by atoms with E-state index in [4.69, 9.17) is 5.11 Å². The predicted molar refractivity (Wildman–Crippen MR) is 52.0 cm³/mol. The smallest absolute Gasteiger partial charge is 0.115 e. The van der Waals surface area contributed by atoms with Crippen molar-refractivity contribution in [2.75, 3.05) is 0 Å². The van der Waals surface area contributed by atoms with Crippen LogP contribution in [0, 0.1) is 0 Å². The summed E-state index contributed by atoms with van der Waals surface area (Å²) in [5.41, 5.74) is 2.07. The van der Waals surface area contributed by atoms with Crippen molar-refractivity contribution in [3.05, 3.63) is 49.1 Å². The molecule has 0 spiro atoms. The summed E-state index contributed by atoms with van der Waals surface area (Å²) in [5.74, 6) is 0.283. The van der Waals surface area contributed by atoms with E-state index in [9.17, 15) is 0 Å². The fourth-order valence-corrected chi connectivity index (χ4v) is 0.989. The average Bonchev–Trinajstić information content (AvgIpc) is 2.06. The van der Waals surface area contributed by atoms with Crippen LogP contribution >= 0.6 is 0 Å². The SMILES string of the molecule is C=CCC(=C)c1ccc(O)cc1. The fraction of sp³-hybridized carbons (Fsp3) is 0.0909. The molecule has 62 valence electrons. The third-order valence-electron chi connectivity index (χ3n) is 1.67. The minimum Gasteiger partial charge on any atom is -0.508 e. The molecule has 1 N–H and O–H groups in total. The van der Waals surface area contributed by atoms with E-state index in [1.54, 1.807) is 12.1 Å². The molecule has 0 radical (unpaired) electrons. The molecule has 0 aromatic heterocycles. The topological polar surface area (TPSA) is 20.2 Å². The van der Waals surface area contributed by atoms with Gasteiger partial charge in [0, 0.05) is 0 Å². The minimum absolute atomic E-state index is 0.283. The molecule has 1 heteroatoms. The molecular weight excluding hydrogens is 148 g/mol. The van der Waals surface area contributed by atoms with Gasteiger partial charge in [0.1, 0.15) is 5.75 Å². The van der Waals surface area contributed by atoms with Crippen LogP contribution in [0.2, 0.25) is 0 Å². The van der Waals surface area contributed by atoms with Gasteiger partial charge in [0.05, 0.1) is 0 Å². The van der Waals surface area contributed by atoms with Gasteiger partial charge < -0.3 is 5.11 Å². The summed E-state index contributed by atoms with van der Waals surface area (Å²) in [7, 11) is 0. The van der Waals surface area contributed by atoms with E-state index in [1.807, 2.05) is 18.2 Å². The lowest BCUT2D eigenvalue weighted by Gasteiger charge is -2.01. The van der Waals surface area contributed by atoms with E-state index >= 15 is 0 Å². The highest BCUT2D eigenvalue weighted by atomic mass is 16.3. The number of allylic oxidation sites excluding steroid dienone is 2. The van der Waals surface area contributed by atoms with Gasteiger partial charge in [-0.05, 0) is 29.7 Å². The summed E-state index contributed by atoms with van der Waals surface area (Å²) in [6.07, 6.45) is 2.60. The first-order chi connectivity index (χ1) is 5.74. The van der Waals surface area contributed by atoms with E-state index < -0.39 is 0 Å². The van der Waals surface area contributed by atoms with Crippen molar-refractivity contribution < 1.29 is 5.11 Å². The van der Waals surface area contributed by atoms with Gasteiger partial charge in [-0.15, -0.1) is 6.58 Å². The van der Waals surface area contributed by atoms with E-state index in [1.165, 1.54) is 0 Å². The van der Waals surface area contributed by atoms with Crippen molar-refractivity contribution in [2.24, 2.45) is 0 Å². The molecule has 1 aromatic carbocycles. The fourth-order valence-electron chi connectivity index (χ4n) is 0.989. The molecule has 0 aliphatic carbocycles. The van der Waals surface area contributed by atoms with E-state index in [2.05, 4.69) is 13.2 Å². The van der Waals surface area contributed by atoms with Crippen molar-refractivity contribution in [1.29, 1.82) is 0 Å². The van der Waals surface area contributed by atoms with Gasteiger partial charge in [-0.2, -0.15) is 0 Å². The number of phenols is 1. The number of aromatic hydroxyl groups is 1. The van der Waals surface area contributed by atoms with E-state index in [0.29, 0.717) is 0 Å². The zero-order valence-electron chi connectivity index (χ0n) is 6.96. The first kappa shape index (κ1) is 8.60. The Morgan fingerprint density at radius 2 is 1.92 bits per heavy atom. The van der Waals surface area contributed by atoms with Gasteiger partial charge in [-0.25, -0.2) is 0 Å². The van der Waals surface area contributed by atoms with Crippen LogP contribution in [0.25, 0.3) is 5.57 Å². The Hall–Kier alpha value is -1.50. The highest BCUT2D eigenvalue weighted by molar-refractivity contribution is 5.64. The van der Waals surface area contributed by atoms with Gasteiger partial charge in [0.25, 0.3) is 0 Å². The summed E-state index contributed by atoms with van der Waals surface area (Å²) in [5, 5.41) is 9.02. The Morgan fingerprint density at radius 3 is 2.42 bits per heavy atom. The molecule has 0 saturated heterocycles. The number of phenolic OH excluding ortho intramolecular Hbond substituents is 1. The molecule has 0 aliphatic rings. The van der Waals surface area contributed by atoms with Crippen LogP contribution in [0.4, 0.5) is 0 Å². The monoisotopic (exact) mass is 160 g/mol. The van der Waals surface area contributed by atoms with Crippen LogP contribution in [0.1, 0.15) is 12.0 Å². The molecule has 0 atom stereocenters. The first-order valence-electron chi connectivity index (χ1n) is 3.82. The Kier molecular flexibility index (Phi) is 2.70. The van der Waals surface area contributed by atoms with Crippen LogP contribution in [0.15, 0.2) is 43.5 Å². The van der Waals surface area contributed by atoms with Crippen LogP contribution < -0.4 is 0 Å². The number of rotatable bonds is 3. The second-order valence-corrected chi connectivity index (χ2v) is 2.64. The van der Waals surface area contributed by atoms with Gasteiger partial charge >= 0.3 is 0 Å². The zero-order chi connectivity index (χ0) is 8.97. The first-order valence-corrected chi connectivity index (χ1v) is 3.82. The normalized spacial score (nSPS) is 9.33. The molecule has 0 bridgehead atoms. The molecule has 12 heavy (non-hydrogen) atoms. The average molecular weight is 160 g/mol. The Labute approximate surface area is 72.7 Å². The Morgan fingerprint density at radius 1 is 1.33 bits per heavy atom. The molecular formula is C11H12O. The third-order valence-corrected chi connectivity index (χ3v) is 1.67. The highest BCUT2D eigenvalue weighted by Gasteiger charge is 1.95. The summed E-state index contributed by atoms with van der Waals surface area (Å²) < 4.78 is 0. The molecule has 0 aliphatic heterocycles. The van der Waals surface area contributed by atoms with Crippen molar-refractivity contribution in [3.63, 3.8) is 0 Å². The minimum atomic E-state index is 0.283. The van der Waals surface area contributed by atoms with Gasteiger partial charge in [0.15, 0.2) is 0 Å². The van der Waals surface area contributed by atoms with Crippen molar-refractivity contribution in [1.82, 2.24) is 0 Å². The largest absolute Gasteiger partial charge is 0.508 e. The molecule has 1 rings (SSSR count). The molecule has 0 unspecified atom stereocenters. The summed E-state index contributed by atoms with van der Waals surface area (Å²) in [6, 6.07) is 7.01. The van der Waals surface area contributed by atoms with Crippen LogP contribution in [-0.2, 0) is 0 Å². The van der Waals surface area contributed by atoms with Gasteiger partial charge in [-0.3, -0.25) is 0 Å². The van der Waals surface area contributed by atoms with E-state index in [-0.39, 0.29) is 5.75 Å². The quantitative estimate of drug-likeness (QED) is 0.674. The molecule has 0 amide bonds. The second kappa shape index (κ2) is 3.77. The zero-order valence-corrected chi connectivity index (χ0v) is 6.96. The Balaban J connectivity index is 2.82. The standard InChI is InChI=1S/C11H12O/c1-3-4-9(2)10-5-7-11(12)8-6-10/h3,5-8,12H,1-2,4H2. The molecule has 0 saturated carbocycles. The van der Waals surface area contributed by atoms with Crippen LogP contribution in [-0.4, -0.2) is 5.11 Å². The molecule has 1 nitrogen and oxygen atoms in total. The maximum absolute atomic E-state index is 9.02. The third kappa shape index (κ3) is 1.99. The highest BCUT2D eigenvalue weighted by Crippen LogP contribution is 2.18. The van der Waals surface area contributed by atoms with Gasteiger partial charge in [-0.1, -0.05) is 24.8 Å². The molecule has 0 fully saturated rings. The maximum Gasteiger partial charge on any atom is 0.115 e. The number of hydrogen-bond donors (Lipinski definition) is 1. The molecule has 0 heterocycles. The van der Waals surface area contributed by atoms with Crippen molar-refractivity contribution in [3.8, 4) is 5.75 Å². The Bertz CT molecular complexity index is 282.